The smallest absolute Gasteiger partial charge is 0.317 e. The van der Waals surface area contributed by atoms with E-state index in [0.29, 0.717) is 16.3 Å². The number of hydrogen-bond donors (Lipinski definition) is 1. The van der Waals surface area contributed by atoms with E-state index in [9.17, 15) is 14.8 Å². The highest BCUT2D eigenvalue weighted by molar-refractivity contribution is 7.99. The second kappa shape index (κ2) is 8.15. The maximum atomic E-state index is 11.4. The Kier molecular flexibility index (Phi) is 6.45. The quantitative estimate of drug-likeness (QED) is 0.255. The third kappa shape index (κ3) is 5.91. The fourth-order valence-corrected chi connectivity index (χ4v) is 1.79. The van der Waals surface area contributed by atoms with Crippen molar-refractivity contribution in [2.75, 3.05) is 18.9 Å². The van der Waals surface area contributed by atoms with Gasteiger partial charge in [0.1, 0.15) is 5.75 Å². The number of aromatic nitrogens is 1. The maximum absolute atomic E-state index is 11.4. The first-order valence-electron chi connectivity index (χ1n) is 5.47. The summed E-state index contributed by atoms with van der Waals surface area (Å²) in [4.78, 5) is 22.5. The molecule has 0 aliphatic carbocycles. The molecule has 0 atom stereocenters. The predicted molar refractivity (Wildman–Crippen MR) is 70.3 cm³/mol. The Labute approximate surface area is 115 Å². The number of rotatable bonds is 7. The van der Waals surface area contributed by atoms with Crippen molar-refractivity contribution in [2.45, 2.75) is 5.03 Å². The van der Waals surface area contributed by atoms with Gasteiger partial charge in [0.2, 0.25) is 0 Å². The van der Waals surface area contributed by atoms with Crippen LogP contribution in [0.25, 0.3) is 0 Å². The Morgan fingerprint density at radius 1 is 1.53 bits per heavy atom. The van der Waals surface area contributed by atoms with Gasteiger partial charge in [-0.3, -0.25) is 9.59 Å². The molecule has 1 aromatic rings. The van der Waals surface area contributed by atoms with E-state index < -0.39 is 11.9 Å². The number of amides is 1. The number of pyridine rings is 1. The Balaban J connectivity index is 2.27. The average molecular weight is 282 g/mol. The third-order valence-electron chi connectivity index (χ3n) is 1.93. The minimum atomic E-state index is -0.553. The van der Waals surface area contributed by atoms with Gasteiger partial charge in [0.15, 0.2) is 12.8 Å². The van der Waals surface area contributed by atoms with Crippen LogP contribution in [0.1, 0.15) is 0 Å². The van der Waals surface area contributed by atoms with Crippen LogP contribution in [-0.2, 0) is 14.3 Å². The molecule has 0 aromatic carbocycles. The lowest BCUT2D eigenvalue weighted by Gasteiger charge is -2.05. The number of thioether (sulfide) groups is 1. The van der Waals surface area contributed by atoms with Gasteiger partial charge in [-0.15, -0.1) is 6.58 Å². The largest absolute Gasteiger partial charge is 0.618 e. The highest BCUT2D eigenvalue weighted by atomic mass is 32.2. The standard InChI is InChI=1S/C12H14N2O4S/c1-2-6-13-10(15)8-18-12(16)9-19-11-5-3-4-7-14(11)17/h2-5,7H,1,6,8-9H2,(H,13,15). The zero-order chi connectivity index (χ0) is 14.1. The molecule has 1 heterocycles. The van der Waals surface area contributed by atoms with E-state index in [0.717, 1.165) is 11.8 Å². The van der Waals surface area contributed by atoms with E-state index in [4.69, 9.17) is 4.74 Å². The Bertz CT molecular complexity index is 465. The summed E-state index contributed by atoms with van der Waals surface area (Å²) in [5.74, 6) is -0.972. The molecular formula is C12H14N2O4S. The summed E-state index contributed by atoms with van der Waals surface area (Å²) in [7, 11) is 0. The molecule has 6 nitrogen and oxygen atoms in total. The average Bonchev–Trinajstić information content (AvgIpc) is 2.42. The Morgan fingerprint density at radius 2 is 2.32 bits per heavy atom. The summed E-state index contributed by atoms with van der Waals surface area (Å²) in [6.45, 7) is 3.43. The number of carbonyl (C=O) groups is 2. The zero-order valence-corrected chi connectivity index (χ0v) is 11.0. The summed E-state index contributed by atoms with van der Waals surface area (Å²) < 4.78 is 5.41. The summed E-state index contributed by atoms with van der Waals surface area (Å²) in [6.07, 6.45) is 2.87. The molecule has 0 radical (unpaired) electrons. The monoisotopic (exact) mass is 282 g/mol. The summed E-state index contributed by atoms with van der Waals surface area (Å²) >= 11 is 1.05. The number of esters is 1. The van der Waals surface area contributed by atoms with E-state index in [1.807, 2.05) is 0 Å². The van der Waals surface area contributed by atoms with Gasteiger partial charge in [0.25, 0.3) is 10.9 Å². The predicted octanol–water partition coefficient (Wildman–Crippen LogP) is 0.258. The lowest BCUT2D eigenvalue weighted by Crippen LogP contribution is -2.30. The summed E-state index contributed by atoms with van der Waals surface area (Å²) in [5, 5.41) is 14.2. The van der Waals surface area contributed by atoms with Crippen molar-refractivity contribution >= 4 is 23.6 Å². The van der Waals surface area contributed by atoms with Gasteiger partial charge < -0.3 is 15.3 Å². The molecule has 0 aliphatic heterocycles. The van der Waals surface area contributed by atoms with E-state index in [2.05, 4.69) is 11.9 Å². The first kappa shape index (κ1) is 15.0. The summed E-state index contributed by atoms with van der Waals surface area (Å²) in [6, 6.07) is 4.89. The van der Waals surface area contributed by atoms with Crippen LogP contribution < -0.4 is 10.0 Å². The molecule has 0 spiro atoms. The molecule has 19 heavy (non-hydrogen) atoms. The van der Waals surface area contributed by atoms with Crippen molar-refractivity contribution in [2.24, 2.45) is 0 Å². The molecule has 1 amide bonds. The number of ether oxygens (including phenoxy) is 1. The molecule has 0 saturated heterocycles. The van der Waals surface area contributed by atoms with Crippen LogP contribution in [0.5, 0.6) is 0 Å². The fraction of sp³-hybridized carbons (Fsp3) is 0.250. The number of nitrogens with one attached hydrogen (secondary N) is 1. The van der Waals surface area contributed by atoms with Crippen molar-refractivity contribution in [3.63, 3.8) is 0 Å². The minimum absolute atomic E-state index is 0.0268. The van der Waals surface area contributed by atoms with E-state index >= 15 is 0 Å². The van der Waals surface area contributed by atoms with Gasteiger partial charge in [-0.25, -0.2) is 0 Å². The van der Waals surface area contributed by atoms with Gasteiger partial charge in [-0.1, -0.05) is 6.08 Å². The molecule has 102 valence electrons. The van der Waals surface area contributed by atoms with Gasteiger partial charge in [-0.2, -0.15) is 4.73 Å². The Hall–Kier alpha value is -2.02. The molecule has 1 rings (SSSR count). The van der Waals surface area contributed by atoms with Crippen molar-refractivity contribution in [3.8, 4) is 0 Å². The van der Waals surface area contributed by atoms with Crippen molar-refractivity contribution in [3.05, 3.63) is 42.3 Å². The molecule has 0 unspecified atom stereocenters. The fourth-order valence-electron chi connectivity index (χ4n) is 1.08. The van der Waals surface area contributed by atoms with Crippen LogP contribution in [0.4, 0.5) is 0 Å². The van der Waals surface area contributed by atoms with Gasteiger partial charge in [0.05, 0.1) is 0 Å². The van der Waals surface area contributed by atoms with Crippen LogP contribution in [-0.4, -0.2) is 30.8 Å². The van der Waals surface area contributed by atoms with Crippen LogP contribution in [0.2, 0.25) is 0 Å². The van der Waals surface area contributed by atoms with Crippen molar-refractivity contribution in [1.82, 2.24) is 5.32 Å². The van der Waals surface area contributed by atoms with Gasteiger partial charge in [0, 0.05) is 18.7 Å². The lowest BCUT2D eigenvalue weighted by atomic mass is 10.5. The van der Waals surface area contributed by atoms with E-state index in [1.165, 1.54) is 12.3 Å². The molecule has 0 bridgehead atoms. The highest BCUT2D eigenvalue weighted by Gasteiger charge is 2.11. The normalized spacial score (nSPS) is 9.68. The summed E-state index contributed by atoms with van der Waals surface area (Å²) in [5.41, 5.74) is 0. The maximum Gasteiger partial charge on any atom is 0.317 e. The van der Waals surface area contributed by atoms with Crippen LogP contribution in [0.3, 0.4) is 0 Å². The Morgan fingerprint density at radius 3 is 3.00 bits per heavy atom. The lowest BCUT2D eigenvalue weighted by molar-refractivity contribution is -0.645. The SMILES string of the molecule is C=CCNC(=O)COC(=O)CSc1cccc[n+]1[O-]. The van der Waals surface area contributed by atoms with E-state index in [1.54, 1.807) is 18.2 Å². The first-order valence-corrected chi connectivity index (χ1v) is 6.46. The zero-order valence-electron chi connectivity index (χ0n) is 10.2. The van der Waals surface area contributed by atoms with Crippen molar-refractivity contribution in [1.29, 1.82) is 0 Å². The van der Waals surface area contributed by atoms with Gasteiger partial charge >= 0.3 is 5.97 Å². The molecule has 7 heteroatoms. The minimum Gasteiger partial charge on any atom is -0.618 e. The molecule has 1 aromatic heterocycles. The molecular weight excluding hydrogens is 268 g/mol. The molecule has 1 N–H and O–H groups in total. The number of carbonyl (C=O) groups excluding carboxylic acids is 2. The van der Waals surface area contributed by atoms with E-state index in [-0.39, 0.29) is 12.4 Å². The topological polar surface area (TPSA) is 82.3 Å². The van der Waals surface area contributed by atoms with Gasteiger partial charge in [-0.05, 0) is 17.8 Å². The second-order valence-corrected chi connectivity index (χ2v) is 4.40. The van der Waals surface area contributed by atoms with Crippen molar-refractivity contribution < 1.29 is 19.1 Å². The third-order valence-corrected chi connectivity index (χ3v) is 2.93. The van der Waals surface area contributed by atoms with Crippen LogP contribution in [0.15, 0.2) is 42.1 Å². The number of hydrogen-bond acceptors (Lipinski definition) is 5. The molecule has 0 saturated carbocycles. The first-order chi connectivity index (χ1) is 9.13. The molecule has 0 fully saturated rings. The highest BCUT2D eigenvalue weighted by Crippen LogP contribution is 2.12. The van der Waals surface area contributed by atoms with Crippen LogP contribution in [0, 0.1) is 5.21 Å². The second-order valence-electron chi connectivity index (χ2n) is 3.41. The molecule has 0 aliphatic rings. The number of nitrogens with zero attached hydrogens (tertiary/aromatic N) is 1. The van der Waals surface area contributed by atoms with Crippen LogP contribution >= 0.6 is 11.8 Å².